The summed E-state index contributed by atoms with van der Waals surface area (Å²) < 4.78 is 10.7. The van der Waals surface area contributed by atoms with Crippen molar-refractivity contribution in [3.63, 3.8) is 0 Å². The SMILES string of the molecule is CC(C)OCC(=O)N(C)CCOCC1CC1. The van der Waals surface area contributed by atoms with Crippen LogP contribution in [-0.2, 0) is 14.3 Å². The minimum Gasteiger partial charge on any atom is -0.379 e. The summed E-state index contributed by atoms with van der Waals surface area (Å²) in [7, 11) is 1.78. The van der Waals surface area contributed by atoms with Gasteiger partial charge in [0.1, 0.15) is 6.61 Å². The van der Waals surface area contributed by atoms with Crippen molar-refractivity contribution in [2.75, 3.05) is 33.4 Å². The Hall–Kier alpha value is -0.610. The van der Waals surface area contributed by atoms with Crippen molar-refractivity contribution in [3.8, 4) is 0 Å². The average molecular weight is 229 g/mol. The number of carbonyl (C=O) groups excluding carboxylic acids is 1. The van der Waals surface area contributed by atoms with Crippen LogP contribution >= 0.6 is 0 Å². The van der Waals surface area contributed by atoms with E-state index in [9.17, 15) is 4.79 Å². The molecular formula is C12H23NO3. The zero-order chi connectivity index (χ0) is 12.0. The van der Waals surface area contributed by atoms with Crippen molar-refractivity contribution in [2.45, 2.75) is 32.8 Å². The van der Waals surface area contributed by atoms with Gasteiger partial charge in [0.2, 0.25) is 5.91 Å². The first-order valence-electron chi connectivity index (χ1n) is 6.03. The number of nitrogens with zero attached hydrogens (tertiary/aromatic N) is 1. The lowest BCUT2D eigenvalue weighted by atomic mass is 10.4. The minimum atomic E-state index is 0.0173. The zero-order valence-corrected chi connectivity index (χ0v) is 10.6. The van der Waals surface area contributed by atoms with Gasteiger partial charge in [0.15, 0.2) is 0 Å². The summed E-state index contributed by atoms with van der Waals surface area (Å²) in [6, 6.07) is 0. The standard InChI is InChI=1S/C12H23NO3/c1-10(2)16-9-12(14)13(3)6-7-15-8-11-4-5-11/h10-11H,4-9H2,1-3H3. The Balaban J connectivity index is 1.98. The Morgan fingerprint density at radius 3 is 2.69 bits per heavy atom. The van der Waals surface area contributed by atoms with Gasteiger partial charge >= 0.3 is 0 Å². The molecule has 0 unspecified atom stereocenters. The Morgan fingerprint density at radius 2 is 2.12 bits per heavy atom. The lowest BCUT2D eigenvalue weighted by Crippen LogP contribution is -2.33. The third-order valence-electron chi connectivity index (χ3n) is 2.59. The summed E-state index contributed by atoms with van der Waals surface area (Å²) in [6.45, 7) is 6.13. The number of hydrogen-bond acceptors (Lipinski definition) is 3. The summed E-state index contributed by atoms with van der Waals surface area (Å²) in [5.74, 6) is 0.800. The summed E-state index contributed by atoms with van der Waals surface area (Å²) in [4.78, 5) is 13.2. The Bertz CT molecular complexity index is 214. The summed E-state index contributed by atoms with van der Waals surface area (Å²) in [5, 5.41) is 0. The van der Waals surface area contributed by atoms with Crippen molar-refractivity contribution in [2.24, 2.45) is 5.92 Å². The molecule has 16 heavy (non-hydrogen) atoms. The third-order valence-corrected chi connectivity index (χ3v) is 2.59. The quantitative estimate of drug-likeness (QED) is 0.589. The molecule has 0 N–H and O–H groups in total. The van der Waals surface area contributed by atoms with E-state index >= 15 is 0 Å². The molecule has 1 saturated carbocycles. The normalized spacial score (nSPS) is 15.5. The molecule has 94 valence electrons. The van der Waals surface area contributed by atoms with Gasteiger partial charge in [0, 0.05) is 20.2 Å². The largest absolute Gasteiger partial charge is 0.379 e. The lowest BCUT2D eigenvalue weighted by molar-refractivity contribution is -0.136. The van der Waals surface area contributed by atoms with Gasteiger partial charge in [-0.25, -0.2) is 0 Å². The zero-order valence-electron chi connectivity index (χ0n) is 10.6. The summed E-state index contributed by atoms with van der Waals surface area (Å²) in [5.41, 5.74) is 0. The maximum atomic E-state index is 11.5. The molecule has 0 spiro atoms. The van der Waals surface area contributed by atoms with Crippen LogP contribution in [0.3, 0.4) is 0 Å². The predicted octanol–water partition coefficient (Wildman–Crippen LogP) is 1.30. The van der Waals surface area contributed by atoms with E-state index in [0.29, 0.717) is 13.2 Å². The first-order valence-corrected chi connectivity index (χ1v) is 6.03. The van der Waals surface area contributed by atoms with Crippen LogP contribution in [0.5, 0.6) is 0 Å². The highest BCUT2D eigenvalue weighted by molar-refractivity contribution is 5.77. The number of amides is 1. The van der Waals surface area contributed by atoms with Crippen LogP contribution in [0.1, 0.15) is 26.7 Å². The highest BCUT2D eigenvalue weighted by Crippen LogP contribution is 2.28. The van der Waals surface area contributed by atoms with Crippen LogP contribution in [-0.4, -0.2) is 50.3 Å². The van der Waals surface area contributed by atoms with E-state index in [2.05, 4.69) is 0 Å². The number of hydrogen-bond donors (Lipinski definition) is 0. The van der Waals surface area contributed by atoms with E-state index in [1.165, 1.54) is 12.8 Å². The number of likely N-dealkylation sites (N-methyl/N-ethyl adjacent to an activating group) is 1. The van der Waals surface area contributed by atoms with Crippen molar-refractivity contribution >= 4 is 5.91 Å². The highest BCUT2D eigenvalue weighted by Gasteiger charge is 2.21. The average Bonchev–Trinajstić information content (AvgIpc) is 3.04. The van der Waals surface area contributed by atoms with Crippen LogP contribution < -0.4 is 0 Å². The lowest BCUT2D eigenvalue weighted by Gasteiger charge is -2.18. The van der Waals surface area contributed by atoms with E-state index in [4.69, 9.17) is 9.47 Å². The third kappa shape index (κ3) is 6.08. The molecule has 0 radical (unpaired) electrons. The molecule has 1 rings (SSSR count). The van der Waals surface area contributed by atoms with Gasteiger partial charge in [-0.3, -0.25) is 4.79 Å². The molecule has 1 amide bonds. The number of carbonyl (C=O) groups is 1. The van der Waals surface area contributed by atoms with Gasteiger partial charge < -0.3 is 14.4 Å². The highest BCUT2D eigenvalue weighted by atomic mass is 16.5. The van der Waals surface area contributed by atoms with Crippen molar-refractivity contribution in [1.82, 2.24) is 4.90 Å². The first-order chi connectivity index (χ1) is 7.59. The molecule has 4 nitrogen and oxygen atoms in total. The second kappa shape index (κ2) is 6.86. The molecule has 0 aliphatic heterocycles. The van der Waals surface area contributed by atoms with Crippen LogP contribution in [0, 0.1) is 5.92 Å². The van der Waals surface area contributed by atoms with Gasteiger partial charge in [-0.1, -0.05) is 0 Å². The molecule has 0 aromatic heterocycles. The Kier molecular flexibility index (Phi) is 5.77. The van der Waals surface area contributed by atoms with E-state index in [1.54, 1.807) is 11.9 Å². The monoisotopic (exact) mass is 229 g/mol. The minimum absolute atomic E-state index is 0.0173. The van der Waals surface area contributed by atoms with E-state index in [0.717, 1.165) is 12.5 Å². The van der Waals surface area contributed by atoms with E-state index < -0.39 is 0 Å². The fourth-order valence-corrected chi connectivity index (χ4v) is 1.21. The van der Waals surface area contributed by atoms with Gasteiger partial charge in [0.05, 0.1) is 12.7 Å². The molecule has 4 heteroatoms. The second-order valence-electron chi connectivity index (χ2n) is 4.69. The van der Waals surface area contributed by atoms with Crippen molar-refractivity contribution in [3.05, 3.63) is 0 Å². The molecular weight excluding hydrogens is 206 g/mol. The first kappa shape index (κ1) is 13.5. The molecule has 0 heterocycles. The molecule has 0 aromatic carbocycles. The Morgan fingerprint density at radius 1 is 1.44 bits per heavy atom. The molecule has 0 bridgehead atoms. The molecule has 1 aliphatic rings. The molecule has 0 aromatic rings. The fourth-order valence-electron chi connectivity index (χ4n) is 1.21. The van der Waals surface area contributed by atoms with Gasteiger partial charge in [0.25, 0.3) is 0 Å². The maximum absolute atomic E-state index is 11.5. The van der Waals surface area contributed by atoms with Gasteiger partial charge in [-0.05, 0) is 32.6 Å². The fraction of sp³-hybridized carbons (Fsp3) is 0.917. The second-order valence-corrected chi connectivity index (χ2v) is 4.69. The van der Waals surface area contributed by atoms with Crippen molar-refractivity contribution in [1.29, 1.82) is 0 Å². The number of ether oxygens (including phenoxy) is 2. The summed E-state index contributed by atoms with van der Waals surface area (Å²) >= 11 is 0. The Labute approximate surface area is 97.9 Å². The van der Waals surface area contributed by atoms with Crippen LogP contribution in [0.15, 0.2) is 0 Å². The predicted molar refractivity (Wildman–Crippen MR) is 62.3 cm³/mol. The molecule has 1 aliphatic carbocycles. The van der Waals surface area contributed by atoms with Gasteiger partial charge in [-0.15, -0.1) is 0 Å². The van der Waals surface area contributed by atoms with E-state index in [1.807, 2.05) is 13.8 Å². The topological polar surface area (TPSA) is 38.8 Å². The van der Waals surface area contributed by atoms with E-state index in [-0.39, 0.29) is 18.6 Å². The number of rotatable bonds is 8. The van der Waals surface area contributed by atoms with Crippen LogP contribution in [0.25, 0.3) is 0 Å². The van der Waals surface area contributed by atoms with Crippen molar-refractivity contribution < 1.29 is 14.3 Å². The molecule has 0 saturated heterocycles. The maximum Gasteiger partial charge on any atom is 0.248 e. The molecule has 1 fully saturated rings. The van der Waals surface area contributed by atoms with Crippen LogP contribution in [0.2, 0.25) is 0 Å². The van der Waals surface area contributed by atoms with Gasteiger partial charge in [-0.2, -0.15) is 0 Å². The van der Waals surface area contributed by atoms with Crippen LogP contribution in [0.4, 0.5) is 0 Å². The summed E-state index contributed by atoms with van der Waals surface area (Å²) in [6.07, 6.45) is 2.71. The smallest absolute Gasteiger partial charge is 0.248 e. The molecule has 0 atom stereocenters.